The van der Waals surface area contributed by atoms with Crippen molar-refractivity contribution in [3.05, 3.63) is 0 Å². The minimum Gasteiger partial charge on any atom is -2.00 e. The van der Waals surface area contributed by atoms with Crippen LogP contribution >= 0.6 is 0 Å². The Kier molecular flexibility index (Phi) is 166. The van der Waals surface area contributed by atoms with Crippen molar-refractivity contribution in [1.29, 1.82) is 0 Å². The zero-order valence-corrected chi connectivity index (χ0v) is 8.55. The average Bonchev–Trinajstić information content (AvgIpc) is 0. The molecule has 0 atom stereocenters. The summed E-state index contributed by atoms with van der Waals surface area (Å²) in [5, 5.41) is 0. The first-order valence-corrected chi connectivity index (χ1v) is 0. The molecule has 0 radical (unpaired) electrons. The third-order valence-electron chi connectivity index (χ3n) is 0. The third kappa shape index (κ3) is 8.89. The Hall–Kier alpha value is 2.18. The maximum atomic E-state index is 0. The zero-order chi connectivity index (χ0) is 0. The van der Waals surface area contributed by atoms with Crippen molar-refractivity contribution in [2.45, 2.75) is 0 Å². The topological polar surface area (TPSA) is 57.0 Å². The van der Waals surface area contributed by atoms with Crippen LogP contribution in [0.3, 0.4) is 0 Å². The Morgan fingerprint density at radius 3 is 0.750 bits per heavy atom. The Morgan fingerprint density at radius 2 is 0.750 bits per heavy atom. The monoisotopic (exact) mass is 365 g/mol. The van der Waals surface area contributed by atoms with E-state index in [1.165, 1.54) is 0 Å². The Balaban J connectivity index is 0. The van der Waals surface area contributed by atoms with Crippen molar-refractivity contribution in [2.24, 2.45) is 0 Å². The van der Waals surface area contributed by atoms with E-state index in [1.807, 2.05) is 0 Å². The summed E-state index contributed by atoms with van der Waals surface area (Å²) in [7, 11) is 0. The summed E-state index contributed by atoms with van der Waals surface area (Å²) in [4.78, 5) is 0. The van der Waals surface area contributed by atoms with Crippen molar-refractivity contribution in [2.75, 3.05) is 0 Å². The molecule has 0 aliphatic rings. The van der Waals surface area contributed by atoms with Gasteiger partial charge in [0, 0.05) is 0 Å². The van der Waals surface area contributed by atoms with Crippen molar-refractivity contribution >= 4 is 48.9 Å². The van der Waals surface area contributed by atoms with Gasteiger partial charge >= 0.3 is 69.9 Å². The van der Waals surface area contributed by atoms with Gasteiger partial charge in [-0.3, -0.25) is 0 Å². The molecule has 4 heteroatoms. The van der Waals surface area contributed by atoms with Crippen LogP contribution in [-0.4, -0.2) is 48.9 Å². The molecule has 0 saturated heterocycles. The van der Waals surface area contributed by atoms with Gasteiger partial charge in [0.15, 0.2) is 0 Å². The van der Waals surface area contributed by atoms with Gasteiger partial charge in [0.1, 0.15) is 0 Å². The van der Waals surface area contributed by atoms with Crippen LogP contribution in [0.4, 0.5) is 0 Å². The molecule has 0 heterocycles. The van der Waals surface area contributed by atoms with Crippen LogP contribution in [0.2, 0.25) is 0 Å². The van der Waals surface area contributed by atoms with Gasteiger partial charge in [-0.05, 0) is 0 Å². The second-order valence-electron chi connectivity index (χ2n) is 0. The predicted octanol–water partition coefficient (Wildman–Crippen LogP) is -0.621. The molecule has 2 nitrogen and oxygen atoms in total. The Bertz CT molecular complexity index is 6.00. The maximum absolute atomic E-state index is 0. The first kappa shape index (κ1) is 34.9. The molecule has 0 aromatic carbocycles. The first-order chi connectivity index (χ1) is 0. The normalized spacial score (nSPS) is 0. The van der Waals surface area contributed by atoms with E-state index in [4.69, 9.17) is 0 Å². The predicted molar refractivity (Wildman–Crippen MR) is 7.13 cm³/mol. The molecule has 0 aromatic heterocycles. The number of rotatable bonds is 0. The molecule has 0 amide bonds. The van der Waals surface area contributed by atoms with Crippen LogP contribution in [-0.2, 0) is 32.0 Å². The average molecular weight is 364 g/mol. The minimum atomic E-state index is 0. The molecule has 0 rings (SSSR count). The van der Waals surface area contributed by atoms with E-state index >= 15 is 0 Å². The molecule has 0 unspecified atom stereocenters. The molecular formula is BaO2Pt. The zero-order valence-electron chi connectivity index (χ0n) is 1.84. The summed E-state index contributed by atoms with van der Waals surface area (Å²) in [5.41, 5.74) is 0. The summed E-state index contributed by atoms with van der Waals surface area (Å²) in [5.74, 6) is 0. The van der Waals surface area contributed by atoms with Crippen LogP contribution in [0.25, 0.3) is 0 Å². The smallest absolute Gasteiger partial charge is 2.00 e. The van der Waals surface area contributed by atoms with Gasteiger partial charge in [-0.1, -0.05) is 0 Å². The summed E-state index contributed by atoms with van der Waals surface area (Å²) in [6, 6.07) is 0. The first-order valence-electron chi connectivity index (χ1n) is 0. The third-order valence-corrected chi connectivity index (χ3v) is 0. The second kappa shape index (κ2) is 19.0. The van der Waals surface area contributed by atoms with Gasteiger partial charge in [0.05, 0.1) is 0 Å². The molecular weight excluding hydrogens is 364 g/mol. The summed E-state index contributed by atoms with van der Waals surface area (Å²) < 4.78 is 0. The van der Waals surface area contributed by atoms with Gasteiger partial charge in [-0.15, -0.1) is 0 Å². The summed E-state index contributed by atoms with van der Waals surface area (Å²) in [6.07, 6.45) is 0. The van der Waals surface area contributed by atoms with Gasteiger partial charge in [0.2, 0.25) is 0 Å². The minimum absolute atomic E-state index is 0. The molecule has 0 spiro atoms. The second-order valence-corrected chi connectivity index (χ2v) is 0. The molecule has 0 saturated carbocycles. The van der Waals surface area contributed by atoms with Crippen LogP contribution < -0.4 is 0 Å². The van der Waals surface area contributed by atoms with Crippen LogP contribution in [0.15, 0.2) is 0 Å². The van der Waals surface area contributed by atoms with Crippen LogP contribution in [0.1, 0.15) is 0 Å². The molecule has 0 aromatic rings. The van der Waals surface area contributed by atoms with E-state index in [0.717, 1.165) is 0 Å². The molecule has 0 fully saturated rings. The SMILES string of the molecule is [Ba+2].[O-2].[O-2].[Pt+2]. The standard InChI is InChI=1S/Ba.2O.Pt/q+2;2*-2;+2. The van der Waals surface area contributed by atoms with Gasteiger partial charge in [-0.25, -0.2) is 0 Å². The fourth-order valence-electron chi connectivity index (χ4n) is 0. The summed E-state index contributed by atoms with van der Waals surface area (Å²) in [6.45, 7) is 0. The molecule has 4 heavy (non-hydrogen) atoms. The van der Waals surface area contributed by atoms with Gasteiger partial charge in [0.25, 0.3) is 0 Å². The fourth-order valence-corrected chi connectivity index (χ4v) is 0. The quantitative estimate of drug-likeness (QED) is 0.515. The molecule has 0 aliphatic heterocycles. The van der Waals surface area contributed by atoms with E-state index in [9.17, 15) is 0 Å². The van der Waals surface area contributed by atoms with Crippen molar-refractivity contribution in [3.63, 3.8) is 0 Å². The van der Waals surface area contributed by atoms with Crippen LogP contribution in [0, 0.1) is 0 Å². The van der Waals surface area contributed by atoms with Crippen molar-refractivity contribution in [1.82, 2.24) is 0 Å². The van der Waals surface area contributed by atoms with E-state index < -0.39 is 0 Å². The van der Waals surface area contributed by atoms with Gasteiger partial charge < -0.3 is 11.0 Å². The largest absolute Gasteiger partial charge is 2.00 e. The molecule has 0 bridgehead atoms. The van der Waals surface area contributed by atoms with E-state index in [-0.39, 0.29) is 80.9 Å². The van der Waals surface area contributed by atoms with E-state index in [1.54, 1.807) is 0 Å². The van der Waals surface area contributed by atoms with Crippen LogP contribution in [0.5, 0.6) is 0 Å². The number of hydrogen-bond donors (Lipinski definition) is 0. The van der Waals surface area contributed by atoms with E-state index in [0.29, 0.717) is 0 Å². The molecule has 24 valence electrons. The summed E-state index contributed by atoms with van der Waals surface area (Å²) >= 11 is 0. The van der Waals surface area contributed by atoms with E-state index in [2.05, 4.69) is 0 Å². The van der Waals surface area contributed by atoms with Crippen molar-refractivity contribution in [3.8, 4) is 0 Å². The molecule has 0 N–H and O–H groups in total. The molecule has 0 aliphatic carbocycles. The maximum Gasteiger partial charge on any atom is 2.00 e. The van der Waals surface area contributed by atoms with Gasteiger partial charge in [-0.2, -0.15) is 0 Å². The number of hydrogen-bond acceptors (Lipinski definition) is 0. The Morgan fingerprint density at radius 1 is 0.750 bits per heavy atom. The van der Waals surface area contributed by atoms with Crippen molar-refractivity contribution < 1.29 is 32.0 Å². The Labute approximate surface area is 79.3 Å². The fraction of sp³-hybridized carbons (Fsp3) is 0.